The van der Waals surface area contributed by atoms with Crippen LogP contribution >= 0.6 is 11.3 Å². The standard InChI is InChI=1S/C14H13N3S/c1-2-13-4-3-5-14-16-11(8-17(13)14)6-7-12-9-18-10-15-12/h3-10H,2H2,1H3/b7-6+. The Morgan fingerprint density at radius 3 is 2.94 bits per heavy atom. The van der Waals surface area contributed by atoms with Crippen molar-refractivity contribution in [2.24, 2.45) is 0 Å². The Hall–Kier alpha value is -1.94. The molecule has 90 valence electrons. The van der Waals surface area contributed by atoms with Crippen LogP contribution < -0.4 is 0 Å². The summed E-state index contributed by atoms with van der Waals surface area (Å²) in [6.07, 6.45) is 7.06. The summed E-state index contributed by atoms with van der Waals surface area (Å²) in [4.78, 5) is 8.79. The van der Waals surface area contributed by atoms with E-state index in [-0.39, 0.29) is 0 Å². The zero-order chi connectivity index (χ0) is 12.4. The molecular formula is C14H13N3S. The average molecular weight is 255 g/mol. The van der Waals surface area contributed by atoms with Crippen LogP contribution in [-0.4, -0.2) is 14.4 Å². The molecule has 4 heteroatoms. The van der Waals surface area contributed by atoms with Gasteiger partial charge < -0.3 is 4.40 Å². The summed E-state index contributed by atoms with van der Waals surface area (Å²) in [7, 11) is 0. The first-order valence-electron chi connectivity index (χ1n) is 5.90. The number of pyridine rings is 1. The van der Waals surface area contributed by atoms with E-state index in [0.29, 0.717) is 0 Å². The molecule has 0 aliphatic rings. The first kappa shape index (κ1) is 11.2. The molecule has 18 heavy (non-hydrogen) atoms. The third-order valence-electron chi connectivity index (χ3n) is 2.83. The zero-order valence-electron chi connectivity index (χ0n) is 10.1. The van der Waals surface area contributed by atoms with E-state index in [0.717, 1.165) is 23.5 Å². The van der Waals surface area contributed by atoms with Gasteiger partial charge in [0.1, 0.15) is 5.65 Å². The Balaban J connectivity index is 1.98. The van der Waals surface area contributed by atoms with Crippen LogP contribution in [0.15, 0.2) is 35.3 Å². The maximum absolute atomic E-state index is 4.57. The van der Waals surface area contributed by atoms with Crippen molar-refractivity contribution in [2.45, 2.75) is 13.3 Å². The summed E-state index contributed by atoms with van der Waals surface area (Å²) in [5.74, 6) is 0. The van der Waals surface area contributed by atoms with Crippen LogP contribution in [0.4, 0.5) is 0 Å². The Morgan fingerprint density at radius 1 is 1.28 bits per heavy atom. The van der Waals surface area contributed by atoms with Crippen LogP contribution in [-0.2, 0) is 6.42 Å². The number of nitrogens with zero attached hydrogens (tertiary/aromatic N) is 3. The maximum atomic E-state index is 4.57. The molecule has 0 saturated heterocycles. The van der Waals surface area contributed by atoms with E-state index in [9.17, 15) is 0 Å². The van der Waals surface area contributed by atoms with E-state index >= 15 is 0 Å². The van der Waals surface area contributed by atoms with Gasteiger partial charge in [-0.1, -0.05) is 13.0 Å². The fraction of sp³-hybridized carbons (Fsp3) is 0.143. The molecule has 0 atom stereocenters. The van der Waals surface area contributed by atoms with Gasteiger partial charge in [0.2, 0.25) is 0 Å². The van der Waals surface area contributed by atoms with Gasteiger partial charge in [-0.3, -0.25) is 0 Å². The number of aromatic nitrogens is 3. The first-order chi connectivity index (χ1) is 8.86. The number of hydrogen-bond donors (Lipinski definition) is 0. The summed E-state index contributed by atoms with van der Waals surface area (Å²) in [5.41, 5.74) is 6.04. The van der Waals surface area contributed by atoms with Crippen molar-refractivity contribution in [1.82, 2.24) is 14.4 Å². The largest absolute Gasteiger partial charge is 0.303 e. The van der Waals surface area contributed by atoms with Crippen LogP contribution in [0.5, 0.6) is 0 Å². The molecule has 0 spiro atoms. The van der Waals surface area contributed by atoms with E-state index in [2.05, 4.69) is 39.6 Å². The second-order valence-corrected chi connectivity index (χ2v) is 4.73. The second-order valence-electron chi connectivity index (χ2n) is 4.01. The van der Waals surface area contributed by atoms with Crippen LogP contribution in [0.25, 0.3) is 17.8 Å². The van der Waals surface area contributed by atoms with E-state index < -0.39 is 0 Å². The van der Waals surface area contributed by atoms with Gasteiger partial charge in [0.15, 0.2) is 0 Å². The highest BCUT2D eigenvalue weighted by molar-refractivity contribution is 7.07. The summed E-state index contributed by atoms with van der Waals surface area (Å²) in [6.45, 7) is 2.15. The number of imidazole rings is 1. The maximum Gasteiger partial charge on any atom is 0.137 e. The molecule has 3 nitrogen and oxygen atoms in total. The van der Waals surface area contributed by atoms with Crippen LogP contribution in [0.3, 0.4) is 0 Å². The monoisotopic (exact) mass is 255 g/mol. The molecule has 0 aliphatic carbocycles. The lowest BCUT2D eigenvalue weighted by molar-refractivity contribution is 0.980. The Kier molecular flexibility index (Phi) is 2.94. The highest BCUT2D eigenvalue weighted by Gasteiger charge is 2.01. The van der Waals surface area contributed by atoms with Gasteiger partial charge in [-0.15, -0.1) is 11.3 Å². The van der Waals surface area contributed by atoms with Gasteiger partial charge in [0, 0.05) is 17.3 Å². The molecule has 0 aromatic carbocycles. The molecule has 0 bridgehead atoms. The minimum atomic E-state index is 0.962. The molecule has 0 saturated carbocycles. The molecule has 3 aromatic rings. The number of thiazole rings is 1. The number of rotatable bonds is 3. The summed E-state index contributed by atoms with van der Waals surface area (Å²) in [5, 5.41) is 2.02. The predicted molar refractivity (Wildman–Crippen MR) is 75.6 cm³/mol. The number of hydrogen-bond acceptors (Lipinski definition) is 3. The van der Waals surface area contributed by atoms with Gasteiger partial charge in [-0.2, -0.15) is 0 Å². The van der Waals surface area contributed by atoms with E-state index in [1.807, 2.05) is 29.1 Å². The van der Waals surface area contributed by atoms with Crippen molar-refractivity contribution in [3.63, 3.8) is 0 Å². The molecule has 0 amide bonds. The van der Waals surface area contributed by atoms with Gasteiger partial charge in [-0.05, 0) is 30.7 Å². The molecule has 3 heterocycles. The van der Waals surface area contributed by atoms with Crippen molar-refractivity contribution in [3.05, 3.63) is 52.4 Å². The third-order valence-corrected chi connectivity index (χ3v) is 3.44. The molecule has 0 N–H and O–H groups in total. The third kappa shape index (κ3) is 2.07. The van der Waals surface area contributed by atoms with E-state index in [1.165, 1.54) is 5.69 Å². The van der Waals surface area contributed by atoms with E-state index in [4.69, 9.17) is 0 Å². The Labute approximate surface area is 109 Å². The Bertz CT molecular complexity index is 680. The quantitative estimate of drug-likeness (QED) is 0.716. The number of aryl methyl sites for hydroxylation is 1. The van der Waals surface area contributed by atoms with Crippen LogP contribution in [0.2, 0.25) is 0 Å². The predicted octanol–water partition coefficient (Wildman–Crippen LogP) is 3.52. The fourth-order valence-corrected chi connectivity index (χ4v) is 2.45. The highest BCUT2D eigenvalue weighted by atomic mass is 32.1. The topological polar surface area (TPSA) is 30.2 Å². The summed E-state index contributed by atoms with van der Waals surface area (Å²) < 4.78 is 2.14. The molecule has 0 unspecified atom stereocenters. The van der Waals surface area contributed by atoms with Gasteiger partial charge >= 0.3 is 0 Å². The van der Waals surface area contributed by atoms with Crippen LogP contribution in [0.1, 0.15) is 24.0 Å². The fourth-order valence-electron chi connectivity index (χ4n) is 1.93. The lowest BCUT2D eigenvalue weighted by Gasteiger charge is -1.99. The SMILES string of the molecule is CCc1cccc2nc(/C=C/c3cscn3)cn12. The normalized spacial score (nSPS) is 11.6. The van der Waals surface area contributed by atoms with Crippen molar-refractivity contribution in [2.75, 3.05) is 0 Å². The molecule has 3 rings (SSSR count). The summed E-state index contributed by atoms with van der Waals surface area (Å²) >= 11 is 1.60. The molecule has 0 fully saturated rings. The molecular weight excluding hydrogens is 242 g/mol. The van der Waals surface area contributed by atoms with Gasteiger partial charge in [0.25, 0.3) is 0 Å². The highest BCUT2D eigenvalue weighted by Crippen LogP contribution is 2.12. The molecule has 0 radical (unpaired) electrons. The van der Waals surface area contributed by atoms with Crippen molar-refractivity contribution in [3.8, 4) is 0 Å². The molecule has 3 aromatic heterocycles. The summed E-state index contributed by atoms with van der Waals surface area (Å²) in [6, 6.07) is 6.21. The minimum absolute atomic E-state index is 0.962. The van der Waals surface area contributed by atoms with Gasteiger partial charge in [-0.25, -0.2) is 9.97 Å². The first-order valence-corrected chi connectivity index (χ1v) is 6.84. The second kappa shape index (κ2) is 4.74. The lowest BCUT2D eigenvalue weighted by atomic mass is 10.3. The number of fused-ring (bicyclic) bond motifs is 1. The molecule has 0 aliphatic heterocycles. The average Bonchev–Trinajstić information content (AvgIpc) is 3.04. The van der Waals surface area contributed by atoms with Crippen molar-refractivity contribution < 1.29 is 0 Å². The lowest BCUT2D eigenvalue weighted by Crippen LogP contribution is -1.92. The van der Waals surface area contributed by atoms with Crippen molar-refractivity contribution in [1.29, 1.82) is 0 Å². The van der Waals surface area contributed by atoms with Gasteiger partial charge in [0.05, 0.1) is 16.9 Å². The Morgan fingerprint density at radius 2 is 2.17 bits per heavy atom. The van der Waals surface area contributed by atoms with Crippen molar-refractivity contribution >= 4 is 29.1 Å². The smallest absolute Gasteiger partial charge is 0.137 e. The zero-order valence-corrected chi connectivity index (χ0v) is 10.9. The minimum Gasteiger partial charge on any atom is -0.303 e. The van der Waals surface area contributed by atoms with E-state index in [1.54, 1.807) is 11.3 Å². The van der Waals surface area contributed by atoms with Crippen LogP contribution in [0, 0.1) is 0 Å².